The average Bonchev–Trinajstić information content (AvgIpc) is 2.60. The minimum Gasteiger partial charge on any atom is -0.469 e. The summed E-state index contributed by atoms with van der Waals surface area (Å²) in [6, 6.07) is 9.95. The van der Waals surface area contributed by atoms with E-state index in [4.69, 9.17) is 18.9 Å². The van der Waals surface area contributed by atoms with Crippen LogP contribution in [0.5, 0.6) is 0 Å². The maximum absolute atomic E-state index is 11.7. The molecular weight excluding hydrogens is 324 g/mol. The van der Waals surface area contributed by atoms with Crippen molar-refractivity contribution >= 4 is 5.97 Å². The second-order valence-corrected chi connectivity index (χ2v) is 6.75. The van der Waals surface area contributed by atoms with Gasteiger partial charge in [0.1, 0.15) is 0 Å². The monoisotopic (exact) mass is 350 g/mol. The maximum atomic E-state index is 11.7. The molecule has 2 fully saturated rings. The average molecular weight is 350 g/mol. The normalized spacial score (nSPS) is 32.5. The van der Waals surface area contributed by atoms with Crippen LogP contribution in [0.2, 0.25) is 0 Å². The third kappa shape index (κ3) is 5.01. The number of hydrogen-bond donors (Lipinski definition) is 1. The van der Waals surface area contributed by atoms with Crippen molar-refractivity contribution in [1.29, 1.82) is 0 Å². The van der Waals surface area contributed by atoms with Gasteiger partial charge in [-0.15, -0.1) is 0 Å². The number of carbonyl (C=O) groups excluding carboxylic acids is 1. The van der Waals surface area contributed by atoms with E-state index in [9.17, 15) is 9.90 Å². The lowest BCUT2D eigenvalue weighted by molar-refractivity contribution is -0.359. The molecule has 6 nitrogen and oxygen atoms in total. The van der Waals surface area contributed by atoms with Crippen LogP contribution in [0.25, 0.3) is 0 Å². The summed E-state index contributed by atoms with van der Waals surface area (Å²) in [7, 11) is 1.37. The van der Waals surface area contributed by atoms with Crippen molar-refractivity contribution in [3.05, 3.63) is 35.9 Å². The molecule has 4 atom stereocenters. The molecule has 0 saturated carbocycles. The van der Waals surface area contributed by atoms with Crippen LogP contribution in [0.1, 0.15) is 44.1 Å². The number of methoxy groups -OCH3 is 1. The fourth-order valence-electron chi connectivity index (χ4n) is 3.58. The molecule has 1 aromatic rings. The van der Waals surface area contributed by atoms with E-state index in [0.29, 0.717) is 32.3 Å². The third-order valence-corrected chi connectivity index (χ3v) is 4.76. The Morgan fingerprint density at radius 1 is 1.32 bits per heavy atom. The molecule has 1 aromatic carbocycles. The van der Waals surface area contributed by atoms with Crippen molar-refractivity contribution in [3.8, 4) is 0 Å². The molecule has 0 aromatic heterocycles. The lowest BCUT2D eigenvalue weighted by Gasteiger charge is -2.47. The van der Waals surface area contributed by atoms with Crippen LogP contribution in [0.4, 0.5) is 0 Å². The second kappa shape index (κ2) is 8.27. The Morgan fingerprint density at radius 3 is 2.84 bits per heavy atom. The van der Waals surface area contributed by atoms with Crippen LogP contribution in [-0.2, 0) is 30.3 Å². The van der Waals surface area contributed by atoms with E-state index in [1.807, 2.05) is 30.3 Å². The Morgan fingerprint density at radius 2 is 2.12 bits per heavy atom. The molecule has 0 aliphatic carbocycles. The molecule has 2 aliphatic rings. The largest absolute Gasteiger partial charge is 0.469 e. The van der Waals surface area contributed by atoms with Crippen molar-refractivity contribution in [2.75, 3.05) is 7.11 Å². The first-order chi connectivity index (χ1) is 12.1. The highest BCUT2D eigenvalue weighted by Crippen LogP contribution is 2.40. The summed E-state index contributed by atoms with van der Waals surface area (Å²) in [5, 5.41) is 9.90. The lowest BCUT2D eigenvalue weighted by Crippen LogP contribution is -2.52. The van der Waals surface area contributed by atoms with Crippen molar-refractivity contribution in [2.45, 2.75) is 69.4 Å². The summed E-state index contributed by atoms with van der Waals surface area (Å²) < 4.78 is 22.7. The van der Waals surface area contributed by atoms with Gasteiger partial charge in [-0.2, -0.15) is 0 Å². The third-order valence-electron chi connectivity index (χ3n) is 4.76. The molecule has 2 saturated heterocycles. The molecule has 3 rings (SSSR count). The predicted octanol–water partition coefficient (Wildman–Crippen LogP) is 2.53. The fourth-order valence-corrected chi connectivity index (χ4v) is 3.58. The van der Waals surface area contributed by atoms with Gasteiger partial charge >= 0.3 is 5.97 Å². The van der Waals surface area contributed by atoms with Gasteiger partial charge in [-0.1, -0.05) is 30.3 Å². The molecular formula is C19H26O6. The lowest BCUT2D eigenvalue weighted by atomic mass is 9.91. The summed E-state index contributed by atoms with van der Waals surface area (Å²) >= 11 is 0. The highest BCUT2D eigenvalue weighted by Gasteiger charge is 2.46. The predicted molar refractivity (Wildman–Crippen MR) is 89.4 cm³/mol. The van der Waals surface area contributed by atoms with E-state index in [2.05, 4.69) is 0 Å². The molecule has 138 valence electrons. The highest BCUT2D eigenvalue weighted by atomic mass is 16.8. The molecule has 0 unspecified atom stereocenters. The molecule has 25 heavy (non-hydrogen) atoms. The number of carbonyl (C=O) groups is 1. The van der Waals surface area contributed by atoms with Gasteiger partial charge in [-0.05, 0) is 18.4 Å². The number of benzene rings is 1. The van der Waals surface area contributed by atoms with Gasteiger partial charge < -0.3 is 24.1 Å². The zero-order valence-electron chi connectivity index (χ0n) is 14.6. The quantitative estimate of drug-likeness (QED) is 0.823. The number of aliphatic hydroxyl groups excluding tert-OH is 1. The zero-order valence-corrected chi connectivity index (χ0v) is 14.6. The summed E-state index contributed by atoms with van der Waals surface area (Å²) in [5.74, 6) is -1.20. The Balaban J connectivity index is 1.67. The molecule has 1 N–H and O–H groups in total. The van der Waals surface area contributed by atoms with Crippen molar-refractivity contribution in [1.82, 2.24) is 0 Å². The molecule has 2 heterocycles. The Hall–Kier alpha value is -1.47. The molecule has 0 bridgehead atoms. The topological polar surface area (TPSA) is 74.2 Å². The summed E-state index contributed by atoms with van der Waals surface area (Å²) in [5.41, 5.74) is 1.09. The number of aliphatic hydroxyl groups is 1. The van der Waals surface area contributed by atoms with E-state index < -0.39 is 12.1 Å². The fraction of sp³-hybridized carbons (Fsp3) is 0.632. The number of ether oxygens (including phenoxy) is 4. The van der Waals surface area contributed by atoms with Gasteiger partial charge in [0.05, 0.1) is 32.3 Å². The maximum Gasteiger partial charge on any atom is 0.308 e. The van der Waals surface area contributed by atoms with Crippen LogP contribution in [0.15, 0.2) is 30.3 Å². The summed E-state index contributed by atoms with van der Waals surface area (Å²) in [6.07, 6.45) is 2.13. The molecule has 0 radical (unpaired) electrons. The van der Waals surface area contributed by atoms with Crippen molar-refractivity contribution in [2.24, 2.45) is 0 Å². The second-order valence-electron chi connectivity index (χ2n) is 6.75. The van der Waals surface area contributed by atoms with Crippen LogP contribution in [0, 0.1) is 0 Å². The van der Waals surface area contributed by atoms with Gasteiger partial charge in [0.2, 0.25) is 0 Å². The minimum absolute atomic E-state index is 0.103. The summed E-state index contributed by atoms with van der Waals surface area (Å²) in [4.78, 5) is 11.7. The number of esters is 1. The first-order valence-electron chi connectivity index (χ1n) is 8.84. The van der Waals surface area contributed by atoms with Crippen LogP contribution < -0.4 is 0 Å². The summed E-state index contributed by atoms with van der Waals surface area (Å²) in [6.45, 7) is 0.495. The molecule has 1 spiro atoms. The Bertz CT molecular complexity index is 562. The van der Waals surface area contributed by atoms with Crippen molar-refractivity contribution < 1.29 is 28.8 Å². The van der Waals surface area contributed by atoms with E-state index >= 15 is 0 Å². The van der Waals surface area contributed by atoms with E-state index in [1.165, 1.54) is 7.11 Å². The molecule has 2 aliphatic heterocycles. The van der Waals surface area contributed by atoms with Gasteiger partial charge in [0.15, 0.2) is 12.1 Å². The SMILES string of the molecule is COC(=O)C[C@H]1C[C@@H](OCc2ccccc2)C[C@@]2(CCC[C@H](O)O2)O1. The first kappa shape index (κ1) is 18.3. The van der Waals surface area contributed by atoms with Gasteiger partial charge in [-0.25, -0.2) is 0 Å². The van der Waals surface area contributed by atoms with Crippen LogP contribution >= 0.6 is 0 Å². The van der Waals surface area contributed by atoms with E-state index in [0.717, 1.165) is 12.0 Å². The number of rotatable bonds is 5. The van der Waals surface area contributed by atoms with Gasteiger partial charge in [-0.3, -0.25) is 4.79 Å². The molecule has 0 amide bonds. The Labute approximate surface area is 148 Å². The number of hydrogen-bond acceptors (Lipinski definition) is 6. The highest BCUT2D eigenvalue weighted by molar-refractivity contribution is 5.69. The van der Waals surface area contributed by atoms with Gasteiger partial charge in [0.25, 0.3) is 0 Å². The first-order valence-corrected chi connectivity index (χ1v) is 8.84. The standard InChI is InChI=1S/C19H26O6/c1-22-18(21)11-15-10-16(23-13-14-6-3-2-4-7-14)12-19(24-15)9-5-8-17(20)25-19/h2-4,6-7,15-17,20H,5,8-13H2,1H3/t15-,16-,17-,19+/m1/s1. The van der Waals surface area contributed by atoms with E-state index in [-0.39, 0.29) is 24.6 Å². The zero-order chi connectivity index (χ0) is 17.7. The smallest absolute Gasteiger partial charge is 0.308 e. The van der Waals surface area contributed by atoms with Crippen LogP contribution in [-0.4, -0.2) is 42.5 Å². The molecule has 6 heteroatoms. The van der Waals surface area contributed by atoms with Gasteiger partial charge in [0, 0.05) is 19.3 Å². The van der Waals surface area contributed by atoms with Crippen molar-refractivity contribution in [3.63, 3.8) is 0 Å². The van der Waals surface area contributed by atoms with E-state index in [1.54, 1.807) is 0 Å². The Kier molecular flexibility index (Phi) is 6.06. The minimum atomic E-state index is -0.879. The van der Waals surface area contributed by atoms with Crippen LogP contribution in [0.3, 0.4) is 0 Å².